The summed E-state index contributed by atoms with van der Waals surface area (Å²) in [4.78, 5) is 0. The molecule has 0 unspecified atom stereocenters. The third-order valence-electron chi connectivity index (χ3n) is 1.52. The van der Waals surface area contributed by atoms with Crippen molar-refractivity contribution in [2.75, 3.05) is 6.61 Å². The molecule has 1 aliphatic heterocycles. The van der Waals surface area contributed by atoms with Gasteiger partial charge in [0, 0.05) is 0 Å². The predicted molar refractivity (Wildman–Crippen MR) is 40.2 cm³/mol. The van der Waals surface area contributed by atoms with Gasteiger partial charge in [0.1, 0.15) is 0 Å². The highest BCUT2D eigenvalue weighted by Crippen LogP contribution is 2.37. The van der Waals surface area contributed by atoms with E-state index in [1.807, 2.05) is 6.92 Å². The van der Waals surface area contributed by atoms with Crippen molar-refractivity contribution in [3.63, 3.8) is 0 Å². The van der Waals surface area contributed by atoms with Crippen LogP contribution in [0.2, 0.25) is 0 Å². The fourth-order valence-corrected chi connectivity index (χ4v) is 1.65. The fourth-order valence-electron chi connectivity index (χ4n) is 1.00. The van der Waals surface area contributed by atoms with Crippen molar-refractivity contribution in [3.05, 3.63) is 0 Å². The van der Waals surface area contributed by atoms with Crippen LogP contribution in [0.3, 0.4) is 0 Å². The Morgan fingerprint density at radius 1 is 1.60 bits per heavy atom. The maximum absolute atomic E-state index is 9.07. The standard InChI is InChI=1S/C6H10Cl2O2/c1-4-2-6(7,8)5(9)10-3-4/h4-5,9H,2-3H2,1H3/t4-,5+/m0/s1. The van der Waals surface area contributed by atoms with Gasteiger partial charge in [-0.3, -0.25) is 0 Å². The van der Waals surface area contributed by atoms with Crippen LogP contribution in [0.4, 0.5) is 0 Å². The fraction of sp³-hybridized carbons (Fsp3) is 1.00. The molecule has 4 heteroatoms. The molecule has 0 radical (unpaired) electrons. The minimum Gasteiger partial charge on any atom is -0.366 e. The summed E-state index contributed by atoms with van der Waals surface area (Å²) < 4.78 is 3.78. The lowest BCUT2D eigenvalue weighted by Gasteiger charge is -2.33. The largest absolute Gasteiger partial charge is 0.366 e. The zero-order valence-electron chi connectivity index (χ0n) is 5.68. The zero-order chi connectivity index (χ0) is 7.78. The third kappa shape index (κ3) is 1.76. The molecule has 0 aromatic carbocycles. The number of hydrogen-bond donors (Lipinski definition) is 1. The Labute approximate surface area is 70.1 Å². The molecule has 0 saturated carbocycles. The van der Waals surface area contributed by atoms with Crippen molar-refractivity contribution in [3.8, 4) is 0 Å². The molecule has 0 aromatic rings. The van der Waals surface area contributed by atoms with Crippen molar-refractivity contribution in [2.45, 2.75) is 24.0 Å². The molecular weight excluding hydrogens is 175 g/mol. The van der Waals surface area contributed by atoms with Crippen LogP contribution in [0.15, 0.2) is 0 Å². The predicted octanol–water partition coefficient (Wildman–Crippen LogP) is 1.54. The van der Waals surface area contributed by atoms with Crippen LogP contribution < -0.4 is 0 Å². The Kier molecular flexibility index (Phi) is 2.46. The molecule has 1 heterocycles. The average Bonchev–Trinajstić information content (AvgIpc) is 1.78. The monoisotopic (exact) mass is 184 g/mol. The minimum atomic E-state index is -1.11. The van der Waals surface area contributed by atoms with E-state index in [1.165, 1.54) is 0 Å². The molecule has 1 fully saturated rings. The van der Waals surface area contributed by atoms with Gasteiger partial charge in [-0.05, 0) is 12.3 Å². The van der Waals surface area contributed by atoms with Gasteiger partial charge in [-0.15, -0.1) is 0 Å². The topological polar surface area (TPSA) is 29.5 Å². The second kappa shape index (κ2) is 2.86. The van der Waals surface area contributed by atoms with Crippen LogP contribution in [-0.4, -0.2) is 22.3 Å². The quantitative estimate of drug-likeness (QED) is 0.580. The molecule has 1 saturated heterocycles. The lowest BCUT2D eigenvalue weighted by Crippen LogP contribution is -2.41. The van der Waals surface area contributed by atoms with Gasteiger partial charge in [-0.25, -0.2) is 0 Å². The van der Waals surface area contributed by atoms with Crippen molar-refractivity contribution < 1.29 is 9.84 Å². The molecule has 1 N–H and O–H groups in total. The molecule has 0 aromatic heterocycles. The second-order valence-corrected chi connectivity index (χ2v) is 4.30. The van der Waals surface area contributed by atoms with E-state index < -0.39 is 10.6 Å². The molecule has 10 heavy (non-hydrogen) atoms. The average molecular weight is 185 g/mol. The Morgan fingerprint density at radius 2 is 2.20 bits per heavy atom. The van der Waals surface area contributed by atoms with Crippen molar-refractivity contribution in [1.29, 1.82) is 0 Å². The van der Waals surface area contributed by atoms with E-state index >= 15 is 0 Å². The molecule has 2 atom stereocenters. The Hall–Kier alpha value is 0.500. The summed E-state index contributed by atoms with van der Waals surface area (Å²) in [5, 5.41) is 9.07. The molecular formula is C6H10Cl2O2. The molecule has 1 rings (SSSR count). The molecule has 1 aliphatic rings. The van der Waals surface area contributed by atoms with Crippen LogP contribution in [0.25, 0.3) is 0 Å². The van der Waals surface area contributed by atoms with Crippen LogP contribution in [0.1, 0.15) is 13.3 Å². The number of aliphatic hydroxyl groups excluding tert-OH is 1. The first-order valence-corrected chi connectivity index (χ1v) is 3.95. The first-order valence-electron chi connectivity index (χ1n) is 3.20. The highest BCUT2D eigenvalue weighted by Gasteiger charge is 2.39. The van der Waals surface area contributed by atoms with Crippen LogP contribution in [0, 0.1) is 5.92 Å². The van der Waals surface area contributed by atoms with E-state index in [0.717, 1.165) is 0 Å². The maximum atomic E-state index is 9.07. The molecule has 0 bridgehead atoms. The van der Waals surface area contributed by atoms with Gasteiger partial charge in [0.25, 0.3) is 0 Å². The summed E-state index contributed by atoms with van der Waals surface area (Å²) >= 11 is 11.4. The molecule has 0 aliphatic carbocycles. The normalized spacial score (nSPS) is 39.6. The number of halogens is 2. The van der Waals surface area contributed by atoms with E-state index in [9.17, 15) is 0 Å². The molecule has 60 valence electrons. The lowest BCUT2D eigenvalue weighted by atomic mass is 10.0. The summed E-state index contributed by atoms with van der Waals surface area (Å²) in [6, 6.07) is 0. The van der Waals surface area contributed by atoms with Gasteiger partial charge in [-0.1, -0.05) is 30.1 Å². The Balaban J connectivity index is 2.55. The number of alkyl halides is 2. The van der Waals surface area contributed by atoms with Crippen LogP contribution >= 0.6 is 23.2 Å². The number of hydrogen-bond acceptors (Lipinski definition) is 2. The van der Waals surface area contributed by atoms with Crippen molar-refractivity contribution >= 4 is 23.2 Å². The SMILES string of the molecule is C[C@@H]1CO[C@@H](O)C(Cl)(Cl)C1. The molecule has 2 nitrogen and oxygen atoms in total. The number of ether oxygens (including phenoxy) is 1. The summed E-state index contributed by atoms with van der Waals surface area (Å²) in [6.45, 7) is 2.51. The van der Waals surface area contributed by atoms with Gasteiger partial charge in [0.05, 0.1) is 6.61 Å². The summed E-state index contributed by atoms with van der Waals surface area (Å²) in [5.74, 6) is 0.318. The smallest absolute Gasteiger partial charge is 0.188 e. The Morgan fingerprint density at radius 3 is 2.60 bits per heavy atom. The van der Waals surface area contributed by atoms with Gasteiger partial charge in [0.15, 0.2) is 10.6 Å². The van der Waals surface area contributed by atoms with Crippen molar-refractivity contribution in [1.82, 2.24) is 0 Å². The number of aliphatic hydroxyl groups is 1. The van der Waals surface area contributed by atoms with E-state index in [2.05, 4.69) is 0 Å². The maximum Gasteiger partial charge on any atom is 0.188 e. The van der Waals surface area contributed by atoms with Crippen LogP contribution in [0.5, 0.6) is 0 Å². The summed E-state index contributed by atoms with van der Waals surface area (Å²) in [7, 11) is 0. The van der Waals surface area contributed by atoms with Gasteiger partial charge < -0.3 is 9.84 Å². The minimum absolute atomic E-state index is 0.318. The lowest BCUT2D eigenvalue weighted by molar-refractivity contribution is -0.143. The third-order valence-corrected chi connectivity index (χ3v) is 2.20. The van der Waals surface area contributed by atoms with E-state index in [-0.39, 0.29) is 0 Å². The second-order valence-electron chi connectivity index (χ2n) is 2.76. The first-order chi connectivity index (χ1) is 4.52. The highest BCUT2D eigenvalue weighted by atomic mass is 35.5. The van der Waals surface area contributed by atoms with E-state index in [1.54, 1.807) is 0 Å². The van der Waals surface area contributed by atoms with Crippen LogP contribution in [-0.2, 0) is 4.74 Å². The first kappa shape index (κ1) is 8.60. The Bertz CT molecular complexity index is 127. The number of rotatable bonds is 0. The van der Waals surface area contributed by atoms with Gasteiger partial charge in [-0.2, -0.15) is 0 Å². The van der Waals surface area contributed by atoms with Gasteiger partial charge in [0.2, 0.25) is 0 Å². The van der Waals surface area contributed by atoms with Crippen molar-refractivity contribution in [2.24, 2.45) is 5.92 Å². The highest BCUT2D eigenvalue weighted by molar-refractivity contribution is 6.48. The van der Waals surface area contributed by atoms with E-state index in [0.29, 0.717) is 18.9 Å². The summed E-state index contributed by atoms with van der Waals surface area (Å²) in [6.07, 6.45) is -0.455. The molecule has 0 amide bonds. The molecule has 0 spiro atoms. The van der Waals surface area contributed by atoms with Gasteiger partial charge >= 0.3 is 0 Å². The zero-order valence-corrected chi connectivity index (χ0v) is 7.19. The van der Waals surface area contributed by atoms with E-state index in [4.69, 9.17) is 33.0 Å². The summed E-state index contributed by atoms with van der Waals surface area (Å²) in [5.41, 5.74) is 0.